The number of carboxylic acid groups (broad SMARTS) is 1. The highest BCUT2D eigenvalue weighted by Crippen LogP contribution is 2.22. The molecule has 1 aliphatic heterocycles. The number of rotatable bonds is 3. The van der Waals surface area contributed by atoms with Crippen molar-refractivity contribution in [3.63, 3.8) is 0 Å². The summed E-state index contributed by atoms with van der Waals surface area (Å²) < 4.78 is 5.04. The Labute approximate surface area is 98.2 Å². The SMILES string of the molecule is Cc1ncoc1C(=O)N1CCC(CC(=O)O)C1. The zero-order chi connectivity index (χ0) is 12.4. The topological polar surface area (TPSA) is 83.6 Å². The van der Waals surface area contributed by atoms with Crippen molar-refractivity contribution in [1.82, 2.24) is 9.88 Å². The van der Waals surface area contributed by atoms with Gasteiger partial charge in [0.15, 0.2) is 6.39 Å². The lowest BCUT2D eigenvalue weighted by Gasteiger charge is -2.14. The fourth-order valence-electron chi connectivity index (χ4n) is 2.08. The molecule has 1 amide bonds. The smallest absolute Gasteiger partial charge is 0.303 e. The number of likely N-dealkylation sites (tertiary alicyclic amines) is 1. The first-order valence-corrected chi connectivity index (χ1v) is 5.49. The Morgan fingerprint density at radius 2 is 2.41 bits per heavy atom. The van der Waals surface area contributed by atoms with Crippen molar-refractivity contribution in [2.75, 3.05) is 13.1 Å². The highest BCUT2D eigenvalue weighted by Gasteiger charge is 2.30. The van der Waals surface area contributed by atoms with Crippen LogP contribution in [0.1, 0.15) is 29.1 Å². The summed E-state index contributed by atoms with van der Waals surface area (Å²) in [7, 11) is 0. The number of oxazole rings is 1. The number of aromatic nitrogens is 1. The molecule has 1 atom stereocenters. The summed E-state index contributed by atoms with van der Waals surface area (Å²) in [6.45, 7) is 2.77. The molecule has 0 bridgehead atoms. The highest BCUT2D eigenvalue weighted by molar-refractivity contribution is 5.92. The van der Waals surface area contributed by atoms with E-state index in [9.17, 15) is 9.59 Å². The van der Waals surface area contributed by atoms with Gasteiger partial charge in [-0.3, -0.25) is 9.59 Å². The van der Waals surface area contributed by atoms with Crippen LogP contribution in [0.5, 0.6) is 0 Å². The Morgan fingerprint density at radius 3 is 3.00 bits per heavy atom. The summed E-state index contributed by atoms with van der Waals surface area (Å²) in [6, 6.07) is 0. The number of aryl methyl sites for hydroxylation is 1. The Hall–Kier alpha value is -1.85. The van der Waals surface area contributed by atoms with Crippen molar-refractivity contribution in [2.24, 2.45) is 5.92 Å². The normalized spacial score (nSPS) is 19.6. The van der Waals surface area contributed by atoms with E-state index in [2.05, 4.69) is 4.98 Å². The molecule has 0 aliphatic carbocycles. The van der Waals surface area contributed by atoms with E-state index in [1.165, 1.54) is 6.39 Å². The molecule has 6 heteroatoms. The summed E-state index contributed by atoms with van der Waals surface area (Å²) in [5.41, 5.74) is 0.566. The van der Waals surface area contributed by atoms with Crippen LogP contribution >= 0.6 is 0 Å². The number of carbonyl (C=O) groups excluding carboxylic acids is 1. The van der Waals surface area contributed by atoms with Gasteiger partial charge in [-0.25, -0.2) is 4.98 Å². The number of carbonyl (C=O) groups is 2. The lowest BCUT2D eigenvalue weighted by atomic mass is 10.1. The summed E-state index contributed by atoms with van der Waals surface area (Å²) in [4.78, 5) is 28.1. The monoisotopic (exact) mass is 238 g/mol. The molecule has 6 nitrogen and oxygen atoms in total. The van der Waals surface area contributed by atoms with Crippen LogP contribution in [0.15, 0.2) is 10.8 Å². The van der Waals surface area contributed by atoms with E-state index in [-0.39, 0.29) is 24.0 Å². The van der Waals surface area contributed by atoms with E-state index in [1.807, 2.05) is 0 Å². The predicted octanol–water partition coefficient (Wildman–Crippen LogP) is 0.920. The average molecular weight is 238 g/mol. The summed E-state index contributed by atoms with van der Waals surface area (Å²) in [5.74, 6) is -0.728. The van der Waals surface area contributed by atoms with Crippen molar-refractivity contribution in [3.05, 3.63) is 17.8 Å². The Balaban J connectivity index is 1.99. The first-order chi connectivity index (χ1) is 8.08. The van der Waals surface area contributed by atoms with Gasteiger partial charge in [-0.1, -0.05) is 0 Å². The Bertz CT molecular complexity index is 440. The van der Waals surface area contributed by atoms with Gasteiger partial charge in [-0.15, -0.1) is 0 Å². The van der Waals surface area contributed by atoms with E-state index in [1.54, 1.807) is 11.8 Å². The molecule has 0 radical (unpaired) electrons. The molecule has 1 aromatic rings. The summed E-state index contributed by atoms with van der Waals surface area (Å²) in [5, 5.41) is 8.69. The maximum atomic E-state index is 12.0. The lowest BCUT2D eigenvalue weighted by Crippen LogP contribution is -2.29. The molecule has 2 rings (SSSR count). The minimum atomic E-state index is -0.819. The third kappa shape index (κ3) is 2.46. The van der Waals surface area contributed by atoms with Gasteiger partial charge < -0.3 is 14.4 Å². The summed E-state index contributed by atoms with van der Waals surface area (Å²) in [6.07, 6.45) is 2.08. The number of nitrogens with zero attached hydrogens (tertiary/aromatic N) is 2. The minimum Gasteiger partial charge on any atom is -0.481 e. The highest BCUT2D eigenvalue weighted by atomic mass is 16.4. The molecular weight excluding hydrogens is 224 g/mol. The van der Waals surface area contributed by atoms with Crippen molar-refractivity contribution >= 4 is 11.9 Å². The molecule has 1 aliphatic rings. The molecule has 1 N–H and O–H groups in total. The molecular formula is C11H14N2O4. The molecule has 1 aromatic heterocycles. The van der Waals surface area contributed by atoms with Crippen LogP contribution in [-0.2, 0) is 4.79 Å². The quantitative estimate of drug-likeness (QED) is 0.846. The molecule has 1 fully saturated rings. The van der Waals surface area contributed by atoms with E-state index in [0.29, 0.717) is 18.8 Å². The van der Waals surface area contributed by atoms with E-state index >= 15 is 0 Å². The Morgan fingerprint density at radius 1 is 1.65 bits per heavy atom. The number of hydrogen-bond donors (Lipinski definition) is 1. The van der Waals surface area contributed by atoms with Crippen LogP contribution in [0.4, 0.5) is 0 Å². The Kier molecular flexibility index (Phi) is 3.12. The van der Waals surface area contributed by atoms with Crippen molar-refractivity contribution in [3.8, 4) is 0 Å². The second kappa shape index (κ2) is 4.57. The van der Waals surface area contributed by atoms with Crippen LogP contribution in [0.3, 0.4) is 0 Å². The van der Waals surface area contributed by atoms with E-state index < -0.39 is 5.97 Å². The fraction of sp³-hybridized carbons (Fsp3) is 0.545. The third-order valence-corrected chi connectivity index (χ3v) is 2.98. The van der Waals surface area contributed by atoms with Crippen LogP contribution in [0.2, 0.25) is 0 Å². The van der Waals surface area contributed by atoms with Crippen molar-refractivity contribution in [1.29, 1.82) is 0 Å². The van der Waals surface area contributed by atoms with Gasteiger partial charge in [0.25, 0.3) is 5.91 Å². The van der Waals surface area contributed by atoms with Crippen LogP contribution in [0, 0.1) is 12.8 Å². The second-order valence-electron chi connectivity index (χ2n) is 4.27. The van der Waals surface area contributed by atoms with Gasteiger partial charge in [0, 0.05) is 19.5 Å². The number of carboxylic acids is 1. The van der Waals surface area contributed by atoms with Gasteiger partial charge in [-0.05, 0) is 19.3 Å². The van der Waals surface area contributed by atoms with Gasteiger partial charge >= 0.3 is 5.97 Å². The average Bonchev–Trinajstić information content (AvgIpc) is 2.85. The molecule has 0 saturated carbocycles. The molecule has 0 spiro atoms. The number of hydrogen-bond acceptors (Lipinski definition) is 4. The zero-order valence-electron chi connectivity index (χ0n) is 9.55. The number of amides is 1. The van der Waals surface area contributed by atoms with Crippen LogP contribution in [-0.4, -0.2) is 40.0 Å². The van der Waals surface area contributed by atoms with Crippen molar-refractivity contribution < 1.29 is 19.1 Å². The van der Waals surface area contributed by atoms with Crippen LogP contribution < -0.4 is 0 Å². The van der Waals surface area contributed by atoms with E-state index in [4.69, 9.17) is 9.52 Å². The minimum absolute atomic E-state index is 0.0414. The van der Waals surface area contributed by atoms with Gasteiger partial charge in [0.05, 0.1) is 5.69 Å². The largest absolute Gasteiger partial charge is 0.481 e. The fourth-order valence-corrected chi connectivity index (χ4v) is 2.08. The summed E-state index contributed by atoms with van der Waals surface area (Å²) >= 11 is 0. The predicted molar refractivity (Wildman–Crippen MR) is 57.5 cm³/mol. The number of aliphatic carboxylic acids is 1. The third-order valence-electron chi connectivity index (χ3n) is 2.98. The van der Waals surface area contributed by atoms with Gasteiger partial charge in [-0.2, -0.15) is 0 Å². The first-order valence-electron chi connectivity index (χ1n) is 5.49. The van der Waals surface area contributed by atoms with Crippen LogP contribution in [0.25, 0.3) is 0 Å². The van der Waals surface area contributed by atoms with E-state index in [0.717, 1.165) is 6.42 Å². The molecule has 2 heterocycles. The van der Waals surface area contributed by atoms with Crippen molar-refractivity contribution in [2.45, 2.75) is 19.8 Å². The molecule has 1 unspecified atom stereocenters. The molecule has 17 heavy (non-hydrogen) atoms. The maximum absolute atomic E-state index is 12.0. The second-order valence-corrected chi connectivity index (χ2v) is 4.27. The molecule has 1 saturated heterocycles. The first kappa shape index (κ1) is 11.6. The zero-order valence-corrected chi connectivity index (χ0v) is 9.55. The molecule has 92 valence electrons. The van der Waals surface area contributed by atoms with Gasteiger partial charge in [0.2, 0.25) is 5.76 Å². The van der Waals surface area contributed by atoms with Gasteiger partial charge in [0.1, 0.15) is 0 Å². The lowest BCUT2D eigenvalue weighted by molar-refractivity contribution is -0.138. The molecule has 0 aromatic carbocycles. The standard InChI is InChI=1S/C11H14N2O4/c1-7-10(17-6-12-7)11(16)13-3-2-8(5-13)4-9(14)15/h6,8H,2-5H2,1H3,(H,14,15). The maximum Gasteiger partial charge on any atom is 0.303 e.